The van der Waals surface area contributed by atoms with Crippen molar-refractivity contribution in [1.82, 2.24) is 19.9 Å². The highest BCUT2D eigenvalue weighted by atomic mass is 79.9. The van der Waals surface area contributed by atoms with Gasteiger partial charge in [0.2, 0.25) is 5.95 Å². The maximum absolute atomic E-state index is 5.49. The summed E-state index contributed by atoms with van der Waals surface area (Å²) in [4.78, 5) is 18.2. The molecule has 0 bridgehead atoms. The molecular formula is C19H20BrN5OS. The lowest BCUT2D eigenvalue weighted by atomic mass is 10.2. The van der Waals surface area contributed by atoms with Gasteiger partial charge in [0, 0.05) is 55.0 Å². The van der Waals surface area contributed by atoms with Gasteiger partial charge in [0.15, 0.2) is 0 Å². The first-order chi connectivity index (χ1) is 13.2. The van der Waals surface area contributed by atoms with E-state index in [0.717, 1.165) is 65.2 Å². The minimum atomic E-state index is 0.815. The highest BCUT2D eigenvalue weighted by Gasteiger charge is 2.20. The number of ether oxygens (including phenoxy) is 1. The smallest absolute Gasteiger partial charge is 0.225 e. The van der Waals surface area contributed by atoms with Gasteiger partial charge in [-0.2, -0.15) is 0 Å². The van der Waals surface area contributed by atoms with Crippen molar-refractivity contribution in [3.05, 3.63) is 52.2 Å². The highest BCUT2D eigenvalue weighted by molar-refractivity contribution is 9.10. The molecule has 0 amide bonds. The number of thiazole rings is 1. The molecule has 4 rings (SSSR count). The third kappa shape index (κ3) is 4.28. The number of hydrogen-bond donors (Lipinski definition) is 0. The number of hydrogen-bond acceptors (Lipinski definition) is 7. The summed E-state index contributed by atoms with van der Waals surface area (Å²) in [7, 11) is 1.69. The third-order valence-electron chi connectivity index (χ3n) is 4.54. The Labute approximate surface area is 171 Å². The summed E-state index contributed by atoms with van der Waals surface area (Å²) in [6.07, 6.45) is 3.59. The predicted molar refractivity (Wildman–Crippen MR) is 111 cm³/mol. The van der Waals surface area contributed by atoms with Crippen molar-refractivity contribution in [2.45, 2.75) is 6.54 Å². The topological polar surface area (TPSA) is 54.4 Å². The van der Waals surface area contributed by atoms with E-state index in [0.29, 0.717) is 0 Å². The molecule has 0 unspecified atom stereocenters. The van der Waals surface area contributed by atoms with E-state index in [9.17, 15) is 0 Å². The number of aromatic nitrogens is 3. The summed E-state index contributed by atoms with van der Waals surface area (Å²) in [6.45, 7) is 4.67. The summed E-state index contributed by atoms with van der Waals surface area (Å²) in [6, 6.07) is 7.85. The van der Waals surface area contributed by atoms with Crippen molar-refractivity contribution in [3.8, 4) is 16.3 Å². The summed E-state index contributed by atoms with van der Waals surface area (Å²) < 4.78 is 6.51. The first-order valence-corrected chi connectivity index (χ1v) is 10.4. The molecule has 0 saturated carbocycles. The van der Waals surface area contributed by atoms with Crippen molar-refractivity contribution in [1.29, 1.82) is 0 Å². The molecule has 0 N–H and O–H groups in total. The molecule has 2 aromatic heterocycles. The van der Waals surface area contributed by atoms with E-state index < -0.39 is 0 Å². The Morgan fingerprint density at radius 3 is 2.67 bits per heavy atom. The second kappa shape index (κ2) is 8.33. The molecule has 3 heterocycles. The molecule has 27 heavy (non-hydrogen) atoms. The fourth-order valence-electron chi connectivity index (χ4n) is 3.14. The van der Waals surface area contributed by atoms with Crippen LogP contribution in [0.2, 0.25) is 0 Å². The molecule has 3 aromatic rings. The summed E-state index contributed by atoms with van der Waals surface area (Å²) in [5.41, 5.74) is 2.12. The zero-order valence-electron chi connectivity index (χ0n) is 15.0. The second-order valence-electron chi connectivity index (χ2n) is 6.30. The number of halogens is 1. The molecule has 1 saturated heterocycles. The lowest BCUT2D eigenvalue weighted by molar-refractivity contribution is 0.246. The average molecular weight is 446 g/mol. The van der Waals surface area contributed by atoms with Crippen LogP contribution in [-0.2, 0) is 6.54 Å². The van der Waals surface area contributed by atoms with E-state index in [1.165, 1.54) is 0 Å². The molecule has 1 aliphatic heterocycles. The van der Waals surface area contributed by atoms with Gasteiger partial charge in [0.25, 0.3) is 0 Å². The zero-order valence-corrected chi connectivity index (χ0v) is 17.4. The average Bonchev–Trinajstić information content (AvgIpc) is 3.17. The molecule has 0 aliphatic carbocycles. The first-order valence-electron chi connectivity index (χ1n) is 8.75. The second-order valence-corrected chi connectivity index (χ2v) is 8.07. The minimum absolute atomic E-state index is 0.815. The van der Waals surface area contributed by atoms with Crippen molar-refractivity contribution in [2.24, 2.45) is 0 Å². The maximum atomic E-state index is 5.49. The van der Waals surface area contributed by atoms with Crippen LogP contribution in [0.25, 0.3) is 10.6 Å². The van der Waals surface area contributed by atoms with Gasteiger partial charge in [-0.1, -0.05) is 15.9 Å². The first kappa shape index (κ1) is 18.3. The van der Waals surface area contributed by atoms with E-state index in [4.69, 9.17) is 9.72 Å². The van der Waals surface area contributed by atoms with Crippen LogP contribution in [0, 0.1) is 0 Å². The van der Waals surface area contributed by atoms with Crippen molar-refractivity contribution in [3.63, 3.8) is 0 Å². The number of nitrogens with zero attached hydrogens (tertiary/aromatic N) is 5. The van der Waals surface area contributed by atoms with E-state index >= 15 is 0 Å². The van der Waals surface area contributed by atoms with Crippen LogP contribution in [0.4, 0.5) is 5.95 Å². The molecule has 0 radical (unpaired) electrons. The lowest BCUT2D eigenvalue weighted by Gasteiger charge is -2.34. The molecule has 8 heteroatoms. The monoisotopic (exact) mass is 445 g/mol. The van der Waals surface area contributed by atoms with Crippen LogP contribution < -0.4 is 9.64 Å². The summed E-state index contributed by atoms with van der Waals surface area (Å²) in [5.74, 6) is 1.66. The van der Waals surface area contributed by atoms with Crippen LogP contribution in [0.1, 0.15) is 5.69 Å². The molecule has 1 aromatic carbocycles. The summed E-state index contributed by atoms with van der Waals surface area (Å²) >= 11 is 5.19. The van der Waals surface area contributed by atoms with Gasteiger partial charge in [-0.25, -0.2) is 15.0 Å². The van der Waals surface area contributed by atoms with E-state index in [-0.39, 0.29) is 0 Å². The highest BCUT2D eigenvalue weighted by Crippen LogP contribution is 2.34. The maximum Gasteiger partial charge on any atom is 0.225 e. The minimum Gasteiger partial charge on any atom is -0.496 e. The van der Waals surface area contributed by atoms with Gasteiger partial charge in [0.1, 0.15) is 10.8 Å². The SMILES string of the molecule is COc1ccc(Br)cc1-c1nc(CN2CCN(c3ncccn3)CC2)cs1. The molecule has 0 spiro atoms. The summed E-state index contributed by atoms with van der Waals surface area (Å²) in [5, 5.41) is 3.13. The van der Waals surface area contributed by atoms with Gasteiger partial charge in [-0.05, 0) is 24.3 Å². The molecule has 6 nitrogen and oxygen atoms in total. The van der Waals surface area contributed by atoms with Crippen LogP contribution in [0.3, 0.4) is 0 Å². The quantitative estimate of drug-likeness (QED) is 0.596. The van der Waals surface area contributed by atoms with Gasteiger partial charge < -0.3 is 9.64 Å². The zero-order chi connectivity index (χ0) is 18.6. The Balaban J connectivity index is 1.40. The Kier molecular flexibility index (Phi) is 5.66. The van der Waals surface area contributed by atoms with Crippen molar-refractivity contribution < 1.29 is 4.74 Å². The number of rotatable bonds is 5. The number of benzene rings is 1. The van der Waals surface area contributed by atoms with E-state index in [1.807, 2.05) is 18.2 Å². The van der Waals surface area contributed by atoms with E-state index in [2.05, 4.69) is 47.1 Å². The fourth-order valence-corrected chi connectivity index (χ4v) is 4.33. The van der Waals surface area contributed by atoms with Gasteiger partial charge in [-0.15, -0.1) is 11.3 Å². The largest absolute Gasteiger partial charge is 0.496 e. The van der Waals surface area contributed by atoms with Gasteiger partial charge in [-0.3, -0.25) is 4.90 Å². The Hall–Kier alpha value is -2.03. The number of methoxy groups -OCH3 is 1. The van der Waals surface area contributed by atoms with Crippen LogP contribution in [0.5, 0.6) is 5.75 Å². The fraction of sp³-hybridized carbons (Fsp3) is 0.316. The Morgan fingerprint density at radius 1 is 1.15 bits per heavy atom. The molecule has 140 valence electrons. The van der Waals surface area contributed by atoms with Crippen LogP contribution >= 0.6 is 27.3 Å². The van der Waals surface area contributed by atoms with Crippen LogP contribution in [0.15, 0.2) is 46.5 Å². The van der Waals surface area contributed by atoms with Crippen molar-refractivity contribution >= 4 is 33.2 Å². The number of piperazine rings is 1. The van der Waals surface area contributed by atoms with E-state index in [1.54, 1.807) is 30.8 Å². The predicted octanol–water partition coefficient (Wildman–Crippen LogP) is 3.69. The van der Waals surface area contributed by atoms with Crippen molar-refractivity contribution in [2.75, 3.05) is 38.2 Å². The Bertz CT molecular complexity index is 896. The molecule has 1 aliphatic rings. The molecule has 1 fully saturated rings. The molecular weight excluding hydrogens is 426 g/mol. The standard InChI is InChI=1S/C19H20BrN5OS/c1-26-17-4-3-14(20)11-16(17)18-23-15(13-27-18)12-24-7-9-25(10-8-24)19-21-5-2-6-22-19/h2-6,11,13H,7-10,12H2,1H3. The Morgan fingerprint density at radius 2 is 1.93 bits per heavy atom. The van der Waals surface area contributed by atoms with Gasteiger partial charge in [0.05, 0.1) is 18.4 Å². The third-order valence-corrected chi connectivity index (χ3v) is 5.95. The lowest BCUT2D eigenvalue weighted by Crippen LogP contribution is -2.46. The normalized spacial score (nSPS) is 15.1. The van der Waals surface area contributed by atoms with Crippen LogP contribution in [-0.4, -0.2) is 53.1 Å². The number of anilines is 1. The molecule has 0 atom stereocenters. The van der Waals surface area contributed by atoms with Gasteiger partial charge >= 0.3 is 0 Å².